The lowest BCUT2D eigenvalue weighted by molar-refractivity contribution is 0.277. The molecular weight excluding hydrogens is 316 g/mol. The van der Waals surface area contributed by atoms with E-state index in [1.807, 2.05) is 12.3 Å². The highest BCUT2D eigenvalue weighted by molar-refractivity contribution is 7.99. The fourth-order valence-corrected chi connectivity index (χ4v) is 3.61. The van der Waals surface area contributed by atoms with E-state index >= 15 is 0 Å². The van der Waals surface area contributed by atoms with Gasteiger partial charge in [0.25, 0.3) is 0 Å². The molecular formula is C20H22N2OS. The molecule has 3 aromatic rings. The lowest BCUT2D eigenvalue weighted by Gasteiger charge is -2.13. The second kappa shape index (κ2) is 7.69. The van der Waals surface area contributed by atoms with E-state index in [1.165, 1.54) is 16.7 Å². The molecule has 0 amide bonds. The molecule has 0 saturated carbocycles. The maximum atomic E-state index is 9.44. The maximum Gasteiger partial charge on any atom is 0.169 e. The number of thioether (sulfide) groups is 1. The Bertz CT molecular complexity index is 781. The van der Waals surface area contributed by atoms with Crippen LogP contribution in [0.4, 0.5) is 0 Å². The molecule has 3 rings (SSSR count). The van der Waals surface area contributed by atoms with E-state index in [4.69, 9.17) is 0 Å². The standard InChI is InChI=1S/C20H22N2OS/c1-15-8-10-17(11-9-15)12-22-13-19(14-23)21-20(22)24-16(2)18-6-4-3-5-7-18/h3-11,13,16,23H,12,14H2,1-2H3. The van der Waals surface area contributed by atoms with Gasteiger partial charge in [-0.15, -0.1) is 0 Å². The molecule has 0 aliphatic carbocycles. The molecule has 1 heterocycles. The van der Waals surface area contributed by atoms with Gasteiger partial charge in [0, 0.05) is 18.0 Å². The van der Waals surface area contributed by atoms with Gasteiger partial charge in [-0.2, -0.15) is 0 Å². The molecule has 1 aromatic heterocycles. The Morgan fingerprint density at radius 2 is 1.79 bits per heavy atom. The molecule has 24 heavy (non-hydrogen) atoms. The third-order valence-electron chi connectivity index (χ3n) is 3.98. The zero-order valence-electron chi connectivity index (χ0n) is 14.0. The predicted octanol–water partition coefficient (Wildman–Crippen LogP) is 4.59. The molecule has 2 aromatic carbocycles. The van der Waals surface area contributed by atoms with Gasteiger partial charge in [0.15, 0.2) is 5.16 Å². The number of rotatable bonds is 6. The number of aliphatic hydroxyl groups is 1. The summed E-state index contributed by atoms with van der Waals surface area (Å²) in [6.45, 7) is 5.00. The molecule has 0 fully saturated rings. The Morgan fingerprint density at radius 3 is 2.46 bits per heavy atom. The summed E-state index contributed by atoms with van der Waals surface area (Å²) in [7, 11) is 0. The van der Waals surface area contributed by atoms with Crippen molar-refractivity contribution in [3.63, 3.8) is 0 Å². The average molecular weight is 338 g/mol. The van der Waals surface area contributed by atoms with Crippen molar-refractivity contribution >= 4 is 11.8 Å². The minimum atomic E-state index is -0.0336. The lowest BCUT2D eigenvalue weighted by Crippen LogP contribution is -2.01. The first-order chi connectivity index (χ1) is 11.7. The fraction of sp³-hybridized carbons (Fsp3) is 0.250. The summed E-state index contributed by atoms with van der Waals surface area (Å²) in [4.78, 5) is 4.58. The molecule has 4 heteroatoms. The first kappa shape index (κ1) is 16.8. The van der Waals surface area contributed by atoms with Crippen molar-refractivity contribution in [3.8, 4) is 0 Å². The van der Waals surface area contributed by atoms with Gasteiger partial charge in [0.1, 0.15) is 0 Å². The minimum absolute atomic E-state index is 0.0336. The molecule has 124 valence electrons. The molecule has 0 radical (unpaired) electrons. The number of nitrogens with zero attached hydrogens (tertiary/aromatic N) is 2. The normalized spacial score (nSPS) is 12.3. The third kappa shape index (κ3) is 4.08. The van der Waals surface area contributed by atoms with E-state index in [-0.39, 0.29) is 6.61 Å². The van der Waals surface area contributed by atoms with Crippen molar-refractivity contribution < 1.29 is 5.11 Å². The zero-order chi connectivity index (χ0) is 16.9. The number of aliphatic hydroxyl groups excluding tert-OH is 1. The van der Waals surface area contributed by atoms with Crippen molar-refractivity contribution in [2.24, 2.45) is 0 Å². The summed E-state index contributed by atoms with van der Waals surface area (Å²) in [5, 5.41) is 10.7. The zero-order valence-corrected chi connectivity index (χ0v) is 14.8. The summed E-state index contributed by atoms with van der Waals surface area (Å²) in [6.07, 6.45) is 1.94. The third-order valence-corrected chi connectivity index (χ3v) is 5.14. The molecule has 1 N–H and O–H groups in total. The van der Waals surface area contributed by atoms with Crippen LogP contribution < -0.4 is 0 Å². The van der Waals surface area contributed by atoms with E-state index in [0.29, 0.717) is 10.9 Å². The number of benzene rings is 2. The second-order valence-corrected chi connectivity index (χ2v) is 7.27. The second-order valence-electron chi connectivity index (χ2n) is 5.96. The van der Waals surface area contributed by atoms with E-state index in [1.54, 1.807) is 11.8 Å². The van der Waals surface area contributed by atoms with E-state index in [9.17, 15) is 5.11 Å². The highest BCUT2D eigenvalue weighted by atomic mass is 32.2. The van der Waals surface area contributed by atoms with Crippen LogP contribution in [0.3, 0.4) is 0 Å². The summed E-state index contributed by atoms with van der Waals surface area (Å²) < 4.78 is 2.13. The molecule has 0 aliphatic heterocycles. The minimum Gasteiger partial charge on any atom is -0.390 e. The monoisotopic (exact) mass is 338 g/mol. The van der Waals surface area contributed by atoms with Gasteiger partial charge < -0.3 is 9.67 Å². The summed E-state index contributed by atoms with van der Waals surface area (Å²) >= 11 is 1.72. The summed E-state index contributed by atoms with van der Waals surface area (Å²) in [5.74, 6) is 0. The van der Waals surface area contributed by atoms with Gasteiger partial charge >= 0.3 is 0 Å². The molecule has 1 unspecified atom stereocenters. The Labute approximate surface area is 147 Å². The van der Waals surface area contributed by atoms with Gasteiger partial charge in [-0.05, 0) is 25.0 Å². The lowest BCUT2D eigenvalue weighted by atomic mass is 10.1. The number of aryl methyl sites for hydroxylation is 1. The number of hydrogen-bond acceptors (Lipinski definition) is 3. The number of imidazole rings is 1. The highest BCUT2D eigenvalue weighted by Gasteiger charge is 2.14. The Hall–Kier alpha value is -2.04. The molecule has 3 nitrogen and oxygen atoms in total. The number of hydrogen-bond donors (Lipinski definition) is 1. The Kier molecular flexibility index (Phi) is 5.38. The smallest absolute Gasteiger partial charge is 0.169 e. The van der Waals surface area contributed by atoms with Crippen molar-refractivity contribution in [2.75, 3.05) is 0 Å². The van der Waals surface area contributed by atoms with Gasteiger partial charge in [-0.1, -0.05) is 71.9 Å². The van der Waals surface area contributed by atoms with Crippen molar-refractivity contribution in [2.45, 2.75) is 37.4 Å². The fourth-order valence-electron chi connectivity index (χ4n) is 2.57. The Balaban J connectivity index is 1.82. The van der Waals surface area contributed by atoms with Crippen LogP contribution in [0.5, 0.6) is 0 Å². The van der Waals surface area contributed by atoms with Crippen LogP contribution in [0.25, 0.3) is 0 Å². The summed E-state index contributed by atoms with van der Waals surface area (Å²) in [6, 6.07) is 19.0. The topological polar surface area (TPSA) is 38.0 Å². The van der Waals surface area contributed by atoms with Gasteiger partial charge in [-0.3, -0.25) is 0 Å². The van der Waals surface area contributed by atoms with Crippen LogP contribution in [-0.2, 0) is 13.2 Å². The van der Waals surface area contributed by atoms with Crippen LogP contribution in [0.2, 0.25) is 0 Å². The SMILES string of the molecule is Cc1ccc(Cn2cc(CO)nc2SC(C)c2ccccc2)cc1. The Morgan fingerprint density at radius 1 is 1.08 bits per heavy atom. The average Bonchev–Trinajstić information content (AvgIpc) is 2.99. The van der Waals surface area contributed by atoms with Gasteiger partial charge in [-0.25, -0.2) is 4.98 Å². The number of aromatic nitrogens is 2. The van der Waals surface area contributed by atoms with Crippen LogP contribution in [0, 0.1) is 6.92 Å². The van der Waals surface area contributed by atoms with Crippen molar-refractivity contribution in [1.29, 1.82) is 0 Å². The predicted molar refractivity (Wildman–Crippen MR) is 99.1 cm³/mol. The van der Waals surface area contributed by atoms with E-state index in [0.717, 1.165) is 11.7 Å². The molecule has 0 saturated heterocycles. The van der Waals surface area contributed by atoms with Gasteiger partial charge in [0.05, 0.1) is 12.3 Å². The van der Waals surface area contributed by atoms with E-state index < -0.39 is 0 Å². The molecule has 0 aliphatic rings. The molecule has 1 atom stereocenters. The van der Waals surface area contributed by atoms with E-state index in [2.05, 4.69) is 71.9 Å². The van der Waals surface area contributed by atoms with Crippen molar-refractivity contribution in [1.82, 2.24) is 9.55 Å². The van der Waals surface area contributed by atoms with Crippen LogP contribution in [-0.4, -0.2) is 14.7 Å². The van der Waals surface area contributed by atoms with Gasteiger partial charge in [0.2, 0.25) is 0 Å². The first-order valence-corrected chi connectivity index (χ1v) is 8.97. The largest absolute Gasteiger partial charge is 0.390 e. The van der Waals surface area contributed by atoms with Crippen molar-refractivity contribution in [3.05, 3.63) is 83.2 Å². The summed E-state index contributed by atoms with van der Waals surface area (Å²) in [5.41, 5.74) is 4.48. The maximum absolute atomic E-state index is 9.44. The highest BCUT2D eigenvalue weighted by Crippen LogP contribution is 2.34. The van der Waals surface area contributed by atoms with Crippen LogP contribution >= 0.6 is 11.8 Å². The molecule has 0 spiro atoms. The quantitative estimate of drug-likeness (QED) is 0.668. The first-order valence-electron chi connectivity index (χ1n) is 8.10. The van der Waals surface area contributed by atoms with Crippen LogP contribution in [0.15, 0.2) is 66.0 Å². The van der Waals surface area contributed by atoms with Crippen LogP contribution in [0.1, 0.15) is 34.6 Å². The molecule has 0 bridgehead atoms.